The van der Waals surface area contributed by atoms with Gasteiger partial charge in [-0.3, -0.25) is 14.7 Å². The van der Waals surface area contributed by atoms with Crippen molar-refractivity contribution in [3.63, 3.8) is 0 Å². The number of hydrogen-bond donors (Lipinski definition) is 1. The Hall–Kier alpha value is -3.05. The van der Waals surface area contributed by atoms with Gasteiger partial charge in [0.1, 0.15) is 5.82 Å². The number of carbonyl (C=O) groups is 1. The second kappa shape index (κ2) is 9.43. The molecule has 0 aliphatic carbocycles. The highest BCUT2D eigenvalue weighted by Gasteiger charge is 2.21. The van der Waals surface area contributed by atoms with Gasteiger partial charge in [0, 0.05) is 31.2 Å². The molecule has 29 heavy (non-hydrogen) atoms. The zero-order valence-corrected chi connectivity index (χ0v) is 17.3. The SMILES string of the molecule is CC(C)(C)C(=O)Nc1cccc(CN(Cc2ccccc2)Cc2ccccn2)n1. The first-order valence-corrected chi connectivity index (χ1v) is 9.84. The minimum atomic E-state index is -0.462. The highest BCUT2D eigenvalue weighted by molar-refractivity contribution is 5.93. The maximum atomic E-state index is 12.3. The lowest BCUT2D eigenvalue weighted by Gasteiger charge is -2.22. The third-order valence-electron chi connectivity index (χ3n) is 4.48. The molecule has 2 aromatic heterocycles. The van der Waals surface area contributed by atoms with Gasteiger partial charge in [-0.15, -0.1) is 0 Å². The average Bonchev–Trinajstić information content (AvgIpc) is 2.69. The van der Waals surface area contributed by atoms with Crippen LogP contribution in [-0.4, -0.2) is 20.8 Å². The number of carbonyl (C=O) groups excluding carboxylic acids is 1. The van der Waals surface area contributed by atoms with Crippen LogP contribution in [0.1, 0.15) is 37.7 Å². The van der Waals surface area contributed by atoms with Crippen molar-refractivity contribution < 1.29 is 4.79 Å². The second-order valence-electron chi connectivity index (χ2n) is 8.17. The average molecular weight is 389 g/mol. The Morgan fingerprint density at radius 3 is 2.24 bits per heavy atom. The smallest absolute Gasteiger partial charge is 0.230 e. The molecule has 0 atom stereocenters. The summed E-state index contributed by atoms with van der Waals surface area (Å²) in [4.78, 5) is 23.7. The molecular weight excluding hydrogens is 360 g/mol. The lowest BCUT2D eigenvalue weighted by molar-refractivity contribution is -0.123. The first-order valence-electron chi connectivity index (χ1n) is 9.84. The number of rotatable bonds is 7. The van der Waals surface area contributed by atoms with E-state index < -0.39 is 5.41 Å². The lowest BCUT2D eigenvalue weighted by atomic mass is 9.96. The molecule has 1 aromatic carbocycles. The van der Waals surface area contributed by atoms with E-state index in [0.717, 1.165) is 24.5 Å². The van der Waals surface area contributed by atoms with E-state index in [4.69, 9.17) is 0 Å². The van der Waals surface area contributed by atoms with Crippen LogP contribution < -0.4 is 5.32 Å². The topological polar surface area (TPSA) is 58.1 Å². The van der Waals surface area contributed by atoms with E-state index in [0.29, 0.717) is 12.4 Å². The van der Waals surface area contributed by atoms with Crippen molar-refractivity contribution in [3.05, 3.63) is 89.9 Å². The van der Waals surface area contributed by atoms with Gasteiger partial charge in [0.2, 0.25) is 5.91 Å². The van der Waals surface area contributed by atoms with E-state index in [9.17, 15) is 4.79 Å². The Morgan fingerprint density at radius 2 is 1.55 bits per heavy atom. The zero-order valence-electron chi connectivity index (χ0n) is 17.3. The molecule has 150 valence electrons. The molecule has 0 aliphatic rings. The van der Waals surface area contributed by atoms with Crippen LogP contribution in [0, 0.1) is 5.41 Å². The molecule has 0 spiro atoms. The predicted molar refractivity (Wildman–Crippen MR) is 116 cm³/mol. The van der Waals surface area contributed by atoms with Gasteiger partial charge in [0.25, 0.3) is 0 Å². The van der Waals surface area contributed by atoms with E-state index in [2.05, 4.69) is 44.5 Å². The van der Waals surface area contributed by atoms with Crippen molar-refractivity contribution in [3.8, 4) is 0 Å². The van der Waals surface area contributed by atoms with Crippen LogP contribution in [0.25, 0.3) is 0 Å². The monoisotopic (exact) mass is 388 g/mol. The predicted octanol–water partition coefficient (Wildman–Crippen LogP) is 4.66. The fourth-order valence-electron chi connectivity index (χ4n) is 2.90. The number of amides is 1. The minimum Gasteiger partial charge on any atom is -0.310 e. The molecule has 3 aromatic rings. The molecule has 0 unspecified atom stereocenters. The van der Waals surface area contributed by atoms with Gasteiger partial charge in [0.05, 0.1) is 11.4 Å². The molecular formula is C24H28N4O. The van der Waals surface area contributed by atoms with Gasteiger partial charge in [-0.2, -0.15) is 0 Å². The van der Waals surface area contributed by atoms with E-state index in [1.165, 1.54) is 5.56 Å². The molecule has 1 amide bonds. The van der Waals surface area contributed by atoms with Crippen molar-refractivity contribution in [1.82, 2.24) is 14.9 Å². The van der Waals surface area contributed by atoms with Crippen molar-refractivity contribution in [2.24, 2.45) is 5.41 Å². The van der Waals surface area contributed by atoms with E-state index in [1.807, 2.05) is 69.4 Å². The standard InChI is InChI=1S/C24H28N4O/c1-24(2,3)23(29)27-22-14-9-13-21(26-22)18-28(16-19-10-5-4-6-11-19)17-20-12-7-8-15-25-20/h4-15H,16-18H2,1-3H3,(H,26,27,29). The summed E-state index contributed by atoms with van der Waals surface area (Å²) in [6.45, 7) is 7.83. The lowest BCUT2D eigenvalue weighted by Crippen LogP contribution is -2.28. The largest absolute Gasteiger partial charge is 0.310 e. The van der Waals surface area contributed by atoms with E-state index >= 15 is 0 Å². The first kappa shape index (κ1) is 20.7. The van der Waals surface area contributed by atoms with E-state index in [1.54, 1.807) is 0 Å². The number of benzene rings is 1. The van der Waals surface area contributed by atoms with Gasteiger partial charge >= 0.3 is 0 Å². The molecule has 1 N–H and O–H groups in total. The van der Waals surface area contributed by atoms with Gasteiger partial charge in [0.15, 0.2) is 0 Å². The minimum absolute atomic E-state index is 0.0447. The second-order valence-corrected chi connectivity index (χ2v) is 8.17. The number of pyridine rings is 2. The molecule has 3 rings (SSSR count). The van der Waals surface area contributed by atoms with Gasteiger partial charge in [-0.05, 0) is 29.8 Å². The Morgan fingerprint density at radius 1 is 0.862 bits per heavy atom. The fourth-order valence-corrected chi connectivity index (χ4v) is 2.90. The van der Waals surface area contributed by atoms with Crippen molar-refractivity contribution in [1.29, 1.82) is 0 Å². The number of anilines is 1. The Kier molecular flexibility index (Phi) is 6.73. The van der Waals surface area contributed by atoms with Crippen LogP contribution in [-0.2, 0) is 24.4 Å². The number of hydrogen-bond acceptors (Lipinski definition) is 4. The summed E-state index contributed by atoms with van der Waals surface area (Å²) >= 11 is 0. The van der Waals surface area contributed by atoms with Crippen LogP contribution in [0.3, 0.4) is 0 Å². The zero-order chi connectivity index (χ0) is 20.7. The van der Waals surface area contributed by atoms with Gasteiger partial charge < -0.3 is 5.32 Å². The summed E-state index contributed by atoms with van der Waals surface area (Å²) in [7, 11) is 0. The van der Waals surface area contributed by atoms with E-state index in [-0.39, 0.29) is 5.91 Å². The van der Waals surface area contributed by atoms with Crippen LogP contribution >= 0.6 is 0 Å². The third kappa shape index (κ3) is 6.50. The Labute approximate surface area is 172 Å². The summed E-state index contributed by atoms with van der Waals surface area (Å²) < 4.78 is 0. The Balaban J connectivity index is 1.76. The molecule has 2 heterocycles. The summed E-state index contributed by atoms with van der Waals surface area (Å²) in [5, 5.41) is 2.91. The summed E-state index contributed by atoms with van der Waals surface area (Å²) in [6.07, 6.45) is 1.82. The molecule has 0 radical (unpaired) electrons. The van der Waals surface area contributed by atoms with Crippen LogP contribution in [0.2, 0.25) is 0 Å². The quantitative estimate of drug-likeness (QED) is 0.639. The molecule has 0 bridgehead atoms. The summed E-state index contributed by atoms with van der Waals surface area (Å²) in [5.74, 6) is 0.539. The molecule has 5 heteroatoms. The number of aromatic nitrogens is 2. The van der Waals surface area contributed by atoms with Crippen molar-refractivity contribution in [2.45, 2.75) is 40.4 Å². The third-order valence-corrected chi connectivity index (χ3v) is 4.48. The summed E-state index contributed by atoms with van der Waals surface area (Å²) in [6, 6.07) is 22.1. The number of nitrogens with one attached hydrogen (secondary N) is 1. The first-order chi connectivity index (χ1) is 13.9. The molecule has 0 saturated heterocycles. The van der Waals surface area contributed by atoms with Crippen molar-refractivity contribution >= 4 is 11.7 Å². The van der Waals surface area contributed by atoms with Crippen LogP contribution in [0.15, 0.2) is 72.9 Å². The van der Waals surface area contributed by atoms with Crippen molar-refractivity contribution in [2.75, 3.05) is 5.32 Å². The fraction of sp³-hybridized carbons (Fsp3) is 0.292. The summed E-state index contributed by atoms with van der Waals surface area (Å²) in [5.41, 5.74) is 2.69. The van der Waals surface area contributed by atoms with Gasteiger partial charge in [-0.1, -0.05) is 63.2 Å². The van der Waals surface area contributed by atoms with Crippen LogP contribution in [0.4, 0.5) is 5.82 Å². The van der Waals surface area contributed by atoms with Gasteiger partial charge in [-0.25, -0.2) is 4.98 Å². The molecule has 0 saturated carbocycles. The molecule has 0 aliphatic heterocycles. The number of nitrogens with zero attached hydrogens (tertiary/aromatic N) is 3. The highest BCUT2D eigenvalue weighted by Crippen LogP contribution is 2.17. The highest BCUT2D eigenvalue weighted by atomic mass is 16.2. The maximum Gasteiger partial charge on any atom is 0.230 e. The maximum absolute atomic E-state index is 12.3. The molecule has 5 nitrogen and oxygen atoms in total. The van der Waals surface area contributed by atoms with Crippen LogP contribution in [0.5, 0.6) is 0 Å². The molecule has 0 fully saturated rings. The Bertz CT molecular complexity index is 879. The normalized spacial score (nSPS) is 11.4.